The standard InChI is InChI=1S/C24H29NO5/c1-24(2,3)30-22(27)14-16(12-13-26)25-23(28)29-15-21-19-10-6-4-8-17(19)18-9-5-7-11-20(18)21/h4-11,16,21,26H,12-15H2,1-3H3,(H,25,28)/t16-/m0/s1. The number of ether oxygens (including phenoxy) is 2. The molecule has 0 saturated carbocycles. The molecule has 6 nitrogen and oxygen atoms in total. The molecule has 1 aliphatic rings. The number of alkyl carbamates (subject to hydrolysis) is 1. The lowest BCUT2D eigenvalue weighted by atomic mass is 9.98. The molecule has 0 bridgehead atoms. The first-order valence-corrected chi connectivity index (χ1v) is 10.2. The highest BCUT2D eigenvalue weighted by Crippen LogP contribution is 2.44. The second-order valence-corrected chi connectivity index (χ2v) is 8.47. The van der Waals surface area contributed by atoms with Gasteiger partial charge in [0, 0.05) is 18.6 Å². The number of carbonyl (C=O) groups excluding carboxylic acids is 2. The van der Waals surface area contributed by atoms with Gasteiger partial charge in [-0.1, -0.05) is 48.5 Å². The fraction of sp³-hybridized carbons (Fsp3) is 0.417. The van der Waals surface area contributed by atoms with E-state index in [9.17, 15) is 14.7 Å². The van der Waals surface area contributed by atoms with E-state index in [2.05, 4.69) is 29.6 Å². The van der Waals surface area contributed by atoms with Crippen LogP contribution in [-0.2, 0) is 14.3 Å². The van der Waals surface area contributed by atoms with Gasteiger partial charge in [-0.05, 0) is 49.4 Å². The molecule has 1 atom stereocenters. The fourth-order valence-corrected chi connectivity index (χ4v) is 3.77. The zero-order valence-electron chi connectivity index (χ0n) is 17.7. The average molecular weight is 411 g/mol. The third-order valence-electron chi connectivity index (χ3n) is 4.98. The maximum Gasteiger partial charge on any atom is 0.407 e. The second-order valence-electron chi connectivity index (χ2n) is 8.47. The van der Waals surface area contributed by atoms with E-state index in [0.717, 1.165) is 22.3 Å². The van der Waals surface area contributed by atoms with Crippen molar-refractivity contribution in [3.8, 4) is 11.1 Å². The van der Waals surface area contributed by atoms with Crippen molar-refractivity contribution in [2.75, 3.05) is 13.2 Å². The Morgan fingerprint density at radius 1 is 1.03 bits per heavy atom. The third-order valence-corrected chi connectivity index (χ3v) is 4.98. The van der Waals surface area contributed by atoms with E-state index in [1.807, 2.05) is 24.3 Å². The summed E-state index contributed by atoms with van der Waals surface area (Å²) in [6.07, 6.45) is -0.398. The summed E-state index contributed by atoms with van der Waals surface area (Å²) in [6, 6.07) is 15.7. The summed E-state index contributed by atoms with van der Waals surface area (Å²) in [5.41, 5.74) is 3.97. The number of hydrogen-bond donors (Lipinski definition) is 2. The molecule has 1 aliphatic carbocycles. The first-order chi connectivity index (χ1) is 14.3. The number of hydrogen-bond acceptors (Lipinski definition) is 5. The van der Waals surface area contributed by atoms with E-state index in [1.54, 1.807) is 20.8 Å². The molecule has 0 saturated heterocycles. The predicted octanol–water partition coefficient (Wildman–Crippen LogP) is 4.01. The summed E-state index contributed by atoms with van der Waals surface area (Å²) >= 11 is 0. The molecule has 2 N–H and O–H groups in total. The Labute approximate surface area is 177 Å². The molecular weight excluding hydrogens is 382 g/mol. The smallest absolute Gasteiger partial charge is 0.407 e. The maximum atomic E-state index is 12.4. The minimum Gasteiger partial charge on any atom is -0.460 e. The van der Waals surface area contributed by atoms with E-state index in [4.69, 9.17) is 9.47 Å². The van der Waals surface area contributed by atoms with E-state index < -0.39 is 23.7 Å². The number of benzene rings is 2. The van der Waals surface area contributed by atoms with E-state index in [-0.39, 0.29) is 32.0 Å². The van der Waals surface area contributed by atoms with Crippen molar-refractivity contribution in [2.24, 2.45) is 0 Å². The number of carbonyl (C=O) groups is 2. The summed E-state index contributed by atoms with van der Waals surface area (Å²) < 4.78 is 10.8. The lowest BCUT2D eigenvalue weighted by molar-refractivity contribution is -0.155. The molecule has 0 heterocycles. The van der Waals surface area contributed by atoms with Gasteiger partial charge in [-0.2, -0.15) is 0 Å². The van der Waals surface area contributed by atoms with Crippen LogP contribution in [0.25, 0.3) is 11.1 Å². The molecule has 6 heteroatoms. The lowest BCUT2D eigenvalue weighted by Crippen LogP contribution is -2.39. The van der Waals surface area contributed by atoms with Gasteiger partial charge in [0.1, 0.15) is 12.2 Å². The quantitative estimate of drug-likeness (QED) is 0.673. The molecule has 0 unspecified atom stereocenters. The Hall–Kier alpha value is -2.86. The van der Waals surface area contributed by atoms with Gasteiger partial charge in [-0.25, -0.2) is 4.79 Å². The number of fused-ring (bicyclic) bond motifs is 3. The Bertz CT molecular complexity index is 857. The zero-order valence-corrected chi connectivity index (χ0v) is 17.7. The van der Waals surface area contributed by atoms with Gasteiger partial charge >= 0.3 is 12.1 Å². The van der Waals surface area contributed by atoms with Crippen LogP contribution in [0.5, 0.6) is 0 Å². The topological polar surface area (TPSA) is 84.9 Å². The molecule has 0 spiro atoms. The molecule has 0 radical (unpaired) electrons. The summed E-state index contributed by atoms with van der Waals surface area (Å²) in [6.45, 7) is 5.38. The van der Waals surface area contributed by atoms with Crippen LogP contribution in [0.2, 0.25) is 0 Å². The van der Waals surface area contributed by atoms with Gasteiger partial charge in [0.2, 0.25) is 0 Å². The molecule has 3 rings (SSSR count). The summed E-state index contributed by atoms with van der Waals surface area (Å²) in [5.74, 6) is -0.467. The van der Waals surface area contributed by atoms with Crippen molar-refractivity contribution < 1.29 is 24.2 Å². The van der Waals surface area contributed by atoms with Crippen LogP contribution in [0.15, 0.2) is 48.5 Å². The van der Waals surface area contributed by atoms with Gasteiger partial charge in [0.15, 0.2) is 0 Å². The van der Waals surface area contributed by atoms with Crippen LogP contribution in [0.3, 0.4) is 0 Å². The largest absolute Gasteiger partial charge is 0.460 e. The predicted molar refractivity (Wildman–Crippen MR) is 114 cm³/mol. The SMILES string of the molecule is CC(C)(C)OC(=O)C[C@H](CCO)NC(=O)OCC1c2ccccc2-c2ccccc21. The van der Waals surface area contributed by atoms with E-state index in [0.29, 0.717) is 0 Å². The number of amides is 1. The Morgan fingerprint density at radius 2 is 1.60 bits per heavy atom. The van der Waals surface area contributed by atoms with Gasteiger partial charge in [-0.3, -0.25) is 4.79 Å². The van der Waals surface area contributed by atoms with Crippen LogP contribution < -0.4 is 5.32 Å². The number of rotatable bonds is 7. The highest BCUT2D eigenvalue weighted by Gasteiger charge is 2.29. The molecular formula is C24H29NO5. The highest BCUT2D eigenvalue weighted by molar-refractivity contribution is 5.79. The molecule has 0 fully saturated rings. The molecule has 160 valence electrons. The minimum atomic E-state index is -0.612. The van der Waals surface area contributed by atoms with Crippen LogP contribution in [0, 0.1) is 0 Å². The van der Waals surface area contributed by atoms with Crippen LogP contribution in [0.4, 0.5) is 4.79 Å². The molecule has 30 heavy (non-hydrogen) atoms. The average Bonchev–Trinajstić information content (AvgIpc) is 2.99. The van der Waals surface area contributed by atoms with Gasteiger partial charge < -0.3 is 19.9 Å². The van der Waals surface area contributed by atoms with Crippen LogP contribution in [0.1, 0.15) is 50.7 Å². The van der Waals surface area contributed by atoms with E-state index in [1.165, 1.54) is 0 Å². The van der Waals surface area contributed by atoms with Crippen molar-refractivity contribution in [3.63, 3.8) is 0 Å². The zero-order chi connectivity index (χ0) is 21.7. The molecule has 0 aromatic heterocycles. The normalized spacial score (nSPS) is 13.9. The summed E-state index contributed by atoms with van der Waals surface area (Å²) in [5, 5.41) is 12.0. The number of aliphatic hydroxyl groups excluding tert-OH is 1. The maximum absolute atomic E-state index is 12.4. The first kappa shape index (κ1) is 21.8. The lowest BCUT2D eigenvalue weighted by Gasteiger charge is -2.23. The third kappa shape index (κ3) is 5.39. The van der Waals surface area contributed by atoms with Crippen LogP contribution >= 0.6 is 0 Å². The Kier molecular flexibility index (Phi) is 6.77. The van der Waals surface area contributed by atoms with Gasteiger partial charge in [0.05, 0.1) is 6.42 Å². The molecule has 0 aliphatic heterocycles. The summed E-state index contributed by atoms with van der Waals surface area (Å²) in [4.78, 5) is 24.5. The van der Waals surface area contributed by atoms with Crippen molar-refractivity contribution in [3.05, 3.63) is 59.7 Å². The molecule has 2 aromatic carbocycles. The second kappa shape index (κ2) is 9.30. The molecule has 1 amide bonds. The number of esters is 1. The van der Waals surface area contributed by atoms with E-state index >= 15 is 0 Å². The van der Waals surface area contributed by atoms with Gasteiger partial charge in [0.25, 0.3) is 0 Å². The number of aliphatic hydroxyl groups is 1. The Balaban J connectivity index is 1.61. The van der Waals surface area contributed by atoms with Gasteiger partial charge in [-0.15, -0.1) is 0 Å². The Morgan fingerprint density at radius 3 is 2.13 bits per heavy atom. The van der Waals surface area contributed by atoms with Crippen molar-refractivity contribution in [1.29, 1.82) is 0 Å². The fourth-order valence-electron chi connectivity index (χ4n) is 3.77. The highest BCUT2D eigenvalue weighted by atomic mass is 16.6. The van der Waals surface area contributed by atoms with Crippen LogP contribution in [-0.4, -0.2) is 42.0 Å². The number of nitrogens with one attached hydrogen (secondary N) is 1. The minimum absolute atomic E-state index is 0.0258. The molecule has 2 aromatic rings. The first-order valence-electron chi connectivity index (χ1n) is 10.2. The monoisotopic (exact) mass is 411 g/mol. The summed E-state index contributed by atoms with van der Waals surface area (Å²) in [7, 11) is 0. The van der Waals surface area contributed by atoms with Crippen molar-refractivity contribution in [1.82, 2.24) is 5.32 Å². The van der Waals surface area contributed by atoms with Crippen molar-refractivity contribution >= 4 is 12.1 Å². The van der Waals surface area contributed by atoms with Crippen molar-refractivity contribution in [2.45, 2.75) is 51.2 Å².